The van der Waals surface area contributed by atoms with Crippen LogP contribution in [-0.4, -0.2) is 5.97 Å². The van der Waals surface area contributed by atoms with Crippen molar-refractivity contribution in [1.29, 1.82) is 0 Å². The summed E-state index contributed by atoms with van der Waals surface area (Å²) in [7, 11) is 0. The van der Waals surface area contributed by atoms with Crippen molar-refractivity contribution in [2.45, 2.75) is 19.8 Å². The Morgan fingerprint density at radius 1 is 1.78 bits per heavy atom. The van der Waals surface area contributed by atoms with Gasteiger partial charge in [0.25, 0.3) is 0 Å². The summed E-state index contributed by atoms with van der Waals surface area (Å²) in [5.74, 6) is -0.141. The van der Waals surface area contributed by atoms with E-state index in [9.17, 15) is 4.79 Å². The number of rotatable bonds is 2. The van der Waals surface area contributed by atoms with E-state index in [4.69, 9.17) is 0 Å². The Balaban J connectivity index is 2.42. The molecule has 0 radical (unpaired) electrons. The van der Waals surface area contributed by atoms with Gasteiger partial charge in [-0.05, 0) is 19.8 Å². The van der Waals surface area contributed by atoms with E-state index < -0.39 is 0 Å². The van der Waals surface area contributed by atoms with E-state index in [1.54, 1.807) is 0 Å². The molecule has 2 heteroatoms. The van der Waals surface area contributed by atoms with E-state index in [2.05, 4.69) is 11.3 Å². The zero-order valence-electron chi connectivity index (χ0n) is 5.52. The Labute approximate surface area is 54.5 Å². The van der Waals surface area contributed by atoms with Gasteiger partial charge < -0.3 is 4.74 Å². The van der Waals surface area contributed by atoms with Crippen LogP contribution in [0.25, 0.3) is 0 Å². The van der Waals surface area contributed by atoms with Crippen molar-refractivity contribution in [3.8, 4) is 0 Å². The van der Waals surface area contributed by atoms with Crippen molar-refractivity contribution >= 4 is 5.97 Å². The molecule has 0 aromatic heterocycles. The molecule has 9 heavy (non-hydrogen) atoms. The molecule has 1 rings (SSSR count). The van der Waals surface area contributed by atoms with E-state index in [1.807, 2.05) is 6.92 Å². The van der Waals surface area contributed by atoms with E-state index >= 15 is 0 Å². The topological polar surface area (TPSA) is 26.3 Å². The van der Waals surface area contributed by atoms with Gasteiger partial charge in [-0.25, -0.2) is 0 Å². The van der Waals surface area contributed by atoms with E-state index in [0.29, 0.717) is 0 Å². The average molecular weight is 126 g/mol. The molecule has 0 N–H and O–H groups in total. The standard InChI is InChI=1S/C7H10O2/c1-3-9-6(8)7(2)4-5-7/h3H,1,4-5H2,2H3. The highest BCUT2D eigenvalue weighted by atomic mass is 16.5. The number of esters is 1. The summed E-state index contributed by atoms with van der Waals surface area (Å²) in [6.45, 7) is 5.20. The molecule has 0 spiro atoms. The predicted molar refractivity (Wildman–Crippen MR) is 33.6 cm³/mol. The Morgan fingerprint density at radius 2 is 2.33 bits per heavy atom. The summed E-state index contributed by atoms with van der Waals surface area (Å²) in [6.07, 6.45) is 3.10. The molecule has 0 heterocycles. The fourth-order valence-electron chi connectivity index (χ4n) is 0.610. The van der Waals surface area contributed by atoms with Crippen molar-refractivity contribution in [1.82, 2.24) is 0 Å². The molecule has 1 saturated carbocycles. The fourth-order valence-corrected chi connectivity index (χ4v) is 0.610. The molecular weight excluding hydrogens is 116 g/mol. The van der Waals surface area contributed by atoms with Crippen LogP contribution in [0.4, 0.5) is 0 Å². The Morgan fingerprint density at radius 3 is 2.67 bits per heavy atom. The molecule has 1 fully saturated rings. The molecule has 0 aromatic carbocycles. The van der Waals surface area contributed by atoms with Crippen LogP contribution < -0.4 is 0 Å². The Kier molecular flexibility index (Phi) is 1.31. The lowest BCUT2D eigenvalue weighted by molar-refractivity contribution is -0.143. The van der Waals surface area contributed by atoms with Gasteiger partial charge in [-0.1, -0.05) is 6.58 Å². The first-order valence-electron chi connectivity index (χ1n) is 3.01. The Hall–Kier alpha value is -0.790. The third kappa shape index (κ3) is 1.12. The van der Waals surface area contributed by atoms with Crippen molar-refractivity contribution in [2.75, 3.05) is 0 Å². The molecule has 0 amide bonds. The van der Waals surface area contributed by atoms with Gasteiger partial charge in [0.1, 0.15) is 0 Å². The van der Waals surface area contributed by atoms with Crippen molar-refractivity contribution in [3.05, 3.63) is 12.8 Å². The summed E-state index contributed by atoms with van der Waals surface area (Å²) in [4.78, 5) is 10.8. The van der Waals surface area contributed by atoms with Crippen molar-refractivity contribution in [3.63, 3.8) is 0 Å². The minimum atomic E-state index is -0.172. The first-order valence-corrected chi connectivity index (χ1v) is 3.01. The van der Waals surface area contributed by atoms with Crippen molar-refractivity contribution < 1.29 is 9.53 Å². The number of carbonyl (C=O) groups excluding carboxylic acids is 1. The number of carbonyl (C=O) groups is 1. The highest BCUT2D eigenvalue weighted by Gasteiger charge is 2.46. The maximum atomic E-state index is 10.8. The van der Waals surface area contributed by atoms with Gasteiger partial charge in [-0.2, -0.15) is 0 Å². The van der Waals surface area contributed by atoms with Crippen LogP contribution in [-0.2, 0) is 9.53 Å². The van der Waals surface area contributed by atoms with Gasteiger partial charge in [-0.3, -0.25) is 4.79 Å². The lowest BCUT2D eigenvalue weighted by Gasteiger charge is -2.02. The second kappa shape index (κ2) is 1.87. The van der Waals surface area contributed by atoms with Gasteiger partial charge in [-0.15, -0.1) is 0 Å². The summed E-state index contributed by atoms with van der Waals surface area (Å²) in [5, 5.41) is 0. The molecule has 0 bridgehead atoms. The highest BCUT2D eigenvalue weighted by molar-refractivity contribution is 5.79. The normalized spacial score (nSPS) is 20.6. The summed E-state index contributed by atoms with van der Waals surface area (Å²) in [5.41, 5.74) is -0.172. The largest absolute Gasteiger partial charge is 0.435 e. The molecule has 50 valence electrons. The van der Waals surface area contributed by atoms with Crippen LogP contribution in [0.1, 0.15) is 19.8 Å². The predicted octanol–water partition coefficient (Wildman–Crippen LogP) is 1.47. The van der Waals surface area contributed by atoms with Crippen LogP contribution in [0.2, 0.25) is 0 Å². The quantitative estimate of drug-likeness (QED) is 0.413. The zero-order chi connectivity index (χ0) is 6.91. The minimum Gasteiger partial charge on any atom is -0.435 e. The molecule has 0 unspecified atom stereocenters. The second-order valence-electron chi connectivity index (χ2n) is 2.63. The van der Waals surface area contributed by atoms with E-state index in [0.717, 1.165) is 12.8 Å². The third-order valence-electron chi connectivity index (χ3n) is 1.68. The highest BCUT2D eigenvalue weighted by Crippen LogP contribution is 2.45. The maximum Gasteiger partial charge on any atom is 0.316 e. The zero-order valence-corrected chi connectivity index (χ0v) is 5.52. The lowest BCUT2D eigenvalue weighted by Crippen LogP contribution is -2.12. The van der Waals surface area contributed by atoms with E-state index in [-0.39, 0.29) is 11.4 Å². The smallest absolute Gasteiger partial charge is 0.316 e. The summed E-state index contributed by atoms with van der Waals surface area (Å²) < 4.78 is 4.59. The average Bonchev–Trinajstić information content (AvgIpc) is 2.50. The monoisotopic (exact) mass is 126 g/mol. The number of hydrogen-bond acceptors (Lipinski definition) is 2. The lowest BCUT2D eigenvalue weighted by atomic mass is 10.1. The van der Waals surface area contributed by atoms with Crippen LogP contribution in [0.5, 0.6) is 0 Å². The van der Waals surface area contributed by atoms with Gasteiger partial charge in [0.05, 0.1) is 11.7 Å². The Bertz CT molecular complexity index is 145. The summed E-state index contributed by atoms with van der Waals surface area (Å²) in [6, 6.07) is 0. The van der Waals surface area contributed by atoms with E-state index in [1.165, 1.54) is 6.26 Å². The molecule has 0 saturated heterocycles. The molecule has 0 aromatic rings. The molecule has 2 nitrogen and oxygen atoms in total. The molecule has 0 aliphatic heterocycles. The van der Waals surface area contributed by atoms with Gasteiger partial charge in [0, 0.05) is 0 Å². The fraction of sp³-hybridized carbons (Fsp3) is 0.571. The minimum absolute atomic E-state index is 0.141. The molecule has 1 aliphatic rings. The molecule has 0 atom stereocenters. The second-order valence-corrected chi connectivity index (χ2v) is 2.63. The maximum absolute atomic E-state index is 10.8. The van der Waals surface area contributed by atoms with Crippen LogP contribution >= 0.6 is 0 Å². The molecule has 1 aliphatic carbocycles. The third-order valence-corrected chi connectivity index (χ3v) is 1.68. The first-order chi connectivity index (χ1) is 4.19. The van der Waals surface area contributed by atoms with Crippen LogP contribution in [0.15, 0.2) is 12.8 Å². The number of ether oxygens (including phenoxy) is 1. The van der Waals surface area contributed by atoms with Gasteiger partial charge >= 0.3 is 5.97 Å². The van der Waals surface area contributed by atoms with Crippen LogP contribution in [0, 0.1) is 5.41 Å². The van der Waals surface area contributed by atoms with Gasteiger partial charge in [0.2, 0.25) is 0 Å². The van der Waals surface area contributed by atoms with Crippen LogP contribution in [0.3, 0.4) is 0 Å². The molecular formula is C7H10O2. The number of hydrogen-bond donors (Lipinski definition) is 0. The SMILES string of the molecule is C=COC(=O)C1(C)CC1. The van der Waals surface area contributed by atoms with Crippen molar-refractivity contribution in [2.24, 2.45) is 5.41 Å². The van der Waals surface area contributed by atoms with Gasteiger partial charge in [0.15, 0.2) is 0 Å². The summed E-state index contributed by atoms with van der Waals surface area (Å²) >= 11 is 0. The first kappa shape index (κ1) is 6.33.